The highest BCUT2D eigenvalue weighted by Crippen LogP contribution is 2.35. The number of anilines is 1. The molecular formula is C22H27F3N4O. The molecule has 1 fully saturated rings. The molecule has 1 heterocycles. The first-order valence-electron chi connectivity index (χ1n) is 10.1. The summed E-state index contributed by atoms with van der Waals surface area (Å²) in [7, 11) is 0. The van der Waals surface area contributed by atoms with Crippen molar-refractivity contribution in [2.75, 3.05) is 37.7 Å². The van der Waals surface area contributed by atoms with E-state index in [9.17, 15) is 13.2 Å². The molecule has 0 amide bonds. The van der Waals surface area contributed by atoms with Crippen LogP contribution < -0.4 is 15.5 Å². The molecule has 0 bridgehead atoms. The van der Waals surface area contributed by atoms with Crippen LogP contribution in [0.15, 0.2) is 53.5 Å². The van der Waals surface area contributed by atoms with Gasteiger partial charge in [0.05, 0.1) is 25.3 Å². The Labute approximate surface area is 174 Å². The zero-order valence-corrected chi connectivity index (χ0v) is 17.0. The van der Waals surface area contributed by atoms with Crippen molar-refractivity contribution in [2.24, 2.45) is 4.99 Å². The van der Waals surface area contributed by atoms with Gasteiger partial charge in [0.25, 0.3) is 0 Å². The molecule has 2 aromatic rings. The number of nitrogens with one attached hydrogen (secondary N) is 2. The van der Waals surface area contributed by atoms with Crippen molar-refractivity contribution in [1.29, 1.82) is 0 Å². The van der Waals surface area contributed by atoms with Gasteiger partial charge in [-0.15, -0.1) is 0 Å². The van der Waals surface area contributed by atoms with E-state index >= 15 is 0 Å². The number of aliphatic imine (C=N–C) groups is 1. The van der Waals surface area contributed by atoms with Crippen LogP contribution in [-0.4, -0.2) is 38.8 Å². The predicted octanol–water partition coefficient (Wildman–Crippen LogP) is 3.80. The summed E-state index contributed by atoms with van der Waals surface area (Å²) in [5.74, 6) is 0.478. The topological polar surface area (TPSA) is 48.9 Å². The zero-order chi connectivity index (χ0) is 21.4. The fourth-order valence-corrected chi connectivity index (χ4v) is 3.28. The number of hydrogen-bond donors (Lipinski definition) is 2. The van der Waals surface area contributed by atoms with E-state index in [1.807, 2.05) is 42.2 Å². The maximum atomic E-state index is 13.7. The SMILES string of the molecule is CCNC(=NCc1ccccc1)NCc1ccc(N2CCOCC2)cc1C(F)(F)F. The fraction of sp³-hybridized carbons (Fsp3) is 0.409. The highest BCUT2D eigenvalue weighted by atomic mass is 19.4. The molecule has 0 unspecified atom stereocenters. The molecule has 2 aromatic carbocycles. The quantitative estimate of drug-likeness (QED) is 0.551. The highest BCUT2D eigenvalue weighted by molar-refractivity contribution is 5.79. The van der Waals surface area contributed by atoms with E-state index in [0.29, 0.717) is 51.0 Å². The Hall–Kier alpha value is -2.74. The van der Waals surface area contributed by atoms with E-state index in [2.05, 4.69) is 15.6 Å². The smallest absolute Gasteiger partial charge is 0.378 e. The number of alkyl halides is 3. The monoisotopic (exact) mass is 420 g/mol. The van der Waals surface area contributed by atoms with Crippen LogP contribution in [0.1, 0.15) is 23.6 Å². The Bertz CT molecular complexity index is 834. The lowest BCUT2D eigenvalue weighted by atomic mass is 10.0. The second-order valence-corrected chi connectivity index (χ2v) is 6.97. The van der Waals surface area contributed by atoms with E-state index < -0.39 is 11.7 Å². The molecule has 1 aliphatic rings. The van der Waals surface area contributed by atoms with Gasteiger partial charge in [0.2, 0.25) is 0 Å². The standard InChI is InChI=1S/C22H27F3N4O/c1-2-26-21(27-15-17-6-4-3-5-7-17)28-16-18-8-9-19(14-20(18)22(23,24)25)29-10-12-30-13-11-29/h3-9,14H,2,10-13,15-16H2,1H3,(H2,26,27,28). The average molecular weight is 420 g/mol. The van der Waals surface area contributed by atoms with E-state index in [0.717, 1.165) is 5.56 Å². The Balaban J connectivity index is 1.74. The highest BCUT2D eigenvalue weighted by Gasteiger charge is 2.34. The Morgan fingerprint density at radius 1 is 1.07 bits per heavy atom. The van der Waals surface area contributed by atoms with Gasteiger partial charge in [0, 0.05) is 31.9 Å². The van der Waals surface area contributed by atoms with E-state index in [1.54, 1.807) is 12.1 Å². The van der Waals surface area contributed by atoms with Crippen molar-refractivity contribution in [3.8, 4) is 0 Å². The summed E-state index contributed by atoms with van der Waals surface area (Å²) >= 11 is 0. The molecule has 0 spiro atoms. The molecular weight excluding hydrogens is 393 g/mol. The summed E-state index contributed by atoms with van der Waals surface area (Å²) < 4.78 is 46.5. The van der Waals surface area contributed by atoms with E-state index in [1.165, 1.54) is 6.07 Å². The molecule has 0 aliphatic carbocycles. The largest absolute Gasteiger partial charge is 0.416 e. The Morgan fingerprint density at radius 3 is 2.47 bits per heavy atom. The second kappa shape index (κ2) is 10.3. The molecule has 8 heteroatoms. The third-order valence-electron chi connectivity index (χ3n) is 4.83. The lowest BCUT2D eigenvalue weighted by Crippen LogP contribution is -2.37. The van der Waals surface area contributed by atoms with Gasteiger partial charge in [-0.05, 0) is 30.2 Å². The molecule has 0 aromatic heterocycles. The predicted molar refractivity (Wildman–Crippen MR) is 113 cm³/mol. The lowest BCUT2D eigenvalue weighted by Gasteiger charge is -2.29. The van der Waals surface area contributed by atoms with E-state index in [4.69, 9.17) is 4.74 Å². The van der Waals surface area contributed by atoms with Crippen molar-refractivity contribution in [1.82, 2.24) is 10.6 Å². The van der Waals surface area contributed by atoms with Crippen LogP contribution in [0.2, 0.25) is 0 Å². The van der Waals surface area contributed by atoms with Crippen LogP contribution in [0.5, 0.6) is 0 Å². The lowest BCUT2D eigenvalue weighted by molar-refractivity contribution is -0.138. The molecule has 1 saturated heterocycles. The van der Waals surface area contributed by atoms with Crippen molar-refractivity contribution in [2.45, 2.75) is 26.2 Å². The summed E-state index contributed by atoms with van der Waals surface area (Å²) in [6.45, 7) is 5.22. The third-order valence-corrected chi connectivity index (χ3v) is 4.83. The fourth-order valence-electron chi connectivity index (χ4n) is 3.28. The van der Waals surface area contributed by atoms with Crippen LogP contribution in [0.25, 0.3) is 0 Å². The number of morpholine rings is 1. The zero-order valence-electron chi connectivity index (χ0n) is 17.0. The minimum absolute atomic E-state index is 0.0266. The van der Waals surface area contributed by atoms with E-state index in [-0.39, 0.29) is 12.1 Å². The van der Waals surface area contributed by atoms with Gasteiger partial charge in [-0.3, -0.25) is 0 Å². The molecule has 30 heavy (non-hydrogen) atoms. The van der Waals surface area contributed by atoms with Gasteiger partial charge in [0.15, 0.2) is 5.96 Å². The maximum Gasteiger partial charge on any atom is 0.416 e. The molecule has 5 nitrogen and oxygen atoms in total. The molecule has 0 atom stereocenters. The van der Waals surface area contributed by atoms with Crippen molar-refractivity contribution in [3.05, 3.63) is 65.2 Å². The number of ether oxygens (including phenoxy) is 1. The first-order valence-corrected chi connectivity index (χ1v) is 10.1. The second-order valence-electron chi connectivity index (χ2n) is 6.97. The normalized spacial score (nSPS) is 15.2. The summed E-state index contributed by atoms with van der Waals surface area (Å²) in [6, 6.07) is 14.2. The van der Waals surface area contributed by atoms with Gasteiger partial charge in [-0.2, -0.15) is 13.2 Å². The Kier molecular flexibility index (Phi) is 7.57. The van der Waals surface area contributed by atoms with Crippen molar-refractivity contribution in [3.63, 3.8) is 0 Å². The third kappa shape index (κ3) is 6.13. The molecule has 1 aliphatic heterocycles. The average Bonchev–Trinajstić information content (AvgIpc) is 2.76. The first-order chi connectivity index (χ1) is 14.5. The minimum Gasteiger partial charge on any atom is -0.378 e. The van der Waals surface area contributed by atoms with Crippen molar-refractivity contribution < 1.29 is 17.9 Å². The van der Waals surface area contributed by atoms with Crippen molar-refractivity contribution >= 4 is 11.6 Å². The molecule has 0 saturated carbocycles. The number of rotatable bonds is 6. The first kappa shape index (κ1) is 22.0. The number of guanidine groups is 1. The van der Waals surface area contributed by atoms with Gasteiger partial charge in [-0.25, -0.2) is 4.99 Å². The van der Waals surface area contributed by atoms with Crippen LogP contribution in [0.4, 0.5) is 18.9 Å². The summed E-state index contributed by atoms with van der Waals surface area (Å²) in [4.78, 5) is 6.39. The number of nitrogens with zero attached hydrogens (tertiary/aromatic N) is 2. The van der Waals surface area contributed by atoms with Gasteiger partial charge >= 0.3 is 6.18 Å². The molecule has 162 valence electrons. The number of benzene rings is 2. The molecule has 3 rings (SSSR count). The van der Waals surface area contributed by atoms with Crippen LogP contribution >= 0.6 is 0 Å². The number of halogens is 3. The summed E-state index contributed by atoms with van der Waals surface area (Å²) in [6.07, 6.45) is -4.43. The number of hydrogen-bond acceptors (Lipinski definition) is 3. The van der Waals surface area contributed by atoms with Crippen LogP contribution in [0.3, 0.4) is 0 Å². The van der Waals surface area contributed by atoms with Gasteiger partial charge in [0.1, 0.15) is 0 Å². The molecule has 0 radical (unpaired) electrons. The van der Waals surface area contributed by atoms with Crippen LogP contribution in [-0.2, 0) is 24.0 Å². The van der Waals surface area contributed by atoms with Gasteiger partial charge < -0.3 is 20.3 Å². The summed E-state index contributed by atoms with van der Waals surface area (Å²) in [5, 5.41) is 6.10. The molecule has 2 N–H and O–H groups in total. The van der Waals surface area contributed by atoms with Crippen LogP contribution in [0, 0.1) is 0 Å². The Morgan fingerprint density at radius 2 is 1.80 bits per heavy atom. The minimum atomic E-state index is -4.43. The van der Waals surface area contributed by atoms with Gasteiger partial charge in [-0.1, -0.05) is 36.4 Å². The maximum absolute atomic E-state index is 13.7. The summed E-state index contributed by atoms with van der Waals surface area (Å²) in [5.41, 5.74) is 1.15.